The van der Waals surface area contributed by atoms with Crippen molar-refractivity contribution in [2.24, 2.45) is 5.10 Å². The average Bonchev–Trinajstić information content (AvgIpc) is 3.20. The van der Waals surface area contributed by atoms with Crippen LogP contribution in [-0.4, -0.2) is 17.3 Å². The molecule has 0 bridgehead atoms. The molecule has 152 valence electrons. The molecule has 0 unspecified atom stereocenters. The van der Waals surface area contributed by atoms with Crippen LogP contribution in [0.2, 0.25) is 0 Å². The smallest absolute Gasteiger partial charge is 0.213 e. The molecule has 0 aliphatic carbocycles. The zero-order valence-corrected chi connectivity index (χ0v) is 18.6. The lowest BCUT2D eigenvalue weighted by atomic mass is 9.95. The summed E-state index contributed by atoms with van der Waals surface area (Å²) in [4.78, 5) is 0. The number of fused-ring (bicyclic) bond motifs is 3. The standard InChI is InChI=1S/C25H23BrN2O2/c1-3-29-20-11-8-18(9-12-20)25-28-23(21-14-19(26)10-13-24(21)30-25)15-22(27-28)17-6-4-16(2)5-7-17/h4-14,23,25H,3,15H2,1-2H3/t23-,25+/m0/s1. The quantitative estimate of drug-likeness (QED) is 0.449. The molecule has 0 saturated carbocycles. The number of rotatable bonds is 4. The van der Waals surface area contributed by atoms with Crippen LogP contribution in [0, 0.1) is 6.92 Å². The second kappa shape index (κ2) is 7.80. The van der Waals surface area contributed by atoms with Crippen molar-refractivity contribution < 1.29 is 9.47 Å². The summed E-state index contributed by atoms with van der Waals surface area (Å²) < 4.78 is 13.1. The molecule has 2 aliphatic heterocycles. The summed E-state index contributed by atoms with van der Waals surface area (Å²) in [7, 11) is 0. The van der Waals surface area contributed by atoms with Crippen LogP contribution in [0.25, 0.3) is 0 Å². The molecule has 2 atom stereocenters. The SMILES string of the molecule is CCOc1ccc([C@H]2Oc3ccc(Br)cc3[C@@H]3CC(c4ccc(C)cc4)=NN23)cc1. The highest BCUT2D eigenvalue weighted by Crippen LogP contribution is 2.48. The van der Waals surface area contributed by atoms with Crippen molar-refractivity contribution >= 4 is 21.6 Å². The first-order valence-corrected chi connectivity index (χ1v) is 11.0. The fourth-order valence-electron chi connectivity index (χ4n) is 4.09. The Morgan fingerprint density at radius 2 is 1.83 bits per heavy atom. The van der Waals surface area contributed by atoms with Gasteiger partial charge in [0.1, 0.15) is 11.5 Å². The Morgan fingerprint density at radius 3 is 2.57 bits per heavy atom. The number of halogens is 1. The maximum Gasteiger partial charge on any atom is 0.213 e. The van der Waals surface area contributed by atoms with Crippen molar-refractivity contribution in [1.82, 2.24) is 5.01 Å². The van der Waals surface area contributed by atoms with Gasteiger partial charge in [-0.05, 0) is 61.9 Å². The number of hydrazone groups is 1. The van der Waals surface area contributed by atoms with Crippen LogP contribution in [0.5, 0.6) is 11.5 Å². The summed E-state index contributed by atoms with van der Waals surface area (Å²) in [5, 5.41) is 7.14. The molecule has 5 heteroatoms. The predicted octanol–water partition coefficient (Wildman–Crippen LogP) is 6.40. The molecular weight excluding hydrogens is 440 g/mol. The van der Waals surface area contributed by atoms with E-state index in [4.69, 9.17) is 14.6 Å². The monoisotopic (exact) mass is 462 g/mol. The third-order valence-electron chi connectivity index (χ3n) is 5.61. The second-order valence-electron chi connectivity index (χ2n) is 7.67. The van der Waals surface area contributed by atoms with E-state index in [0.29, 0.717) is 6.61 Å². The van der Waals surface area contributed by atoms with E-state index in [0.717, 1.165) is 44.8 Å². The molecule has 0 amide bonds. The van der Waals surface area contributed by atoms with Crippen LogP contribution >= 0.6 is 15.9 Å². The Bertz CT molecular complexity index is 1090. The lowest BCUT2D eigenvalue weighted by Crippen LogP contribution is -2.33. The van der Waals surface area contributed by atoms with Gasteiger partial charge in [-0.1, -0.05) is 45.8 Å². The van der Waals surface area contributed by atoms with E-state index >= 15 is 0 Å². The summed E-state index contributed by atoms with van der Waals surface area (Å²) in [6, 6.07) is 23.1. The zero-order valence-electron chi connectivity index (χ0n) is 17.0. The first-order chi connectivity index (χ1) is 14.6. The highest BCUT2D eigenvalue weighted by Gasteiger charge is 2.41. The minimum absolute atomic E-state index is 0.138. The lowest BCUT2D eigenvalue weighted by molar-refractivity contribution is -0.0191. The van der Waals surface area contributed by atoms with Crippen molar-refractivity contribution in [3.63, 3.8) is 0 Å². The molecule has 30 heavy (non-hydrogen) atoms. The van der Waals surface area contributed by atoms with E-state index in [-0.39, 0.29) is 12.3 Å². The summed E-state index contributed by atoms with van der Waals surface area (Å²) >= 11 is 3.61. The van der Waals surface area contributed by atoms with Gasteiger partial charge in [0.2, 0.25) is 6.23 Å². The maximum absolute atomic E-state index is 6.45. The van der Waals surface area contributed by atoms with E-state index in [9.17, 15) is 0 Å². The van der Waals surface area contributed by atoms with Crippen molar-refractivity contribution in [2.75, 3.05) is 6.61 Å². The fraction of sp³-hybridized carbons (Fsp3) is 0.240. The highest BCUT2D eigenvalue weighted by molar-refractivity contribution is 9.10. The van der Waals surface area contributed by atoms with Gasteiger partial charge in [0.15, 0.2) is 0 Å². The second-order valence-corrected chi connectivity index (χ2v) is 8.58. The van der Waals surface area contributed by atoms with Crippen LogP contribution in [0.4, 0.5) is 0 Å². The van der Waals surface area contributed by atoms with Crippen LogP contribution in [0.1, 0.15) is 47.9 Å². The van der Waals surface area contributed by atoms with Gasteiger partial charge in [0, 0.05) is 22.0 Å². The molecule has 2 aliphatic rings. The third-order valence-corrected chi connectivity index (χ3v) is 6.11. The summed E-state index contributed by atoms with van der Waals surface area (Å²) in [5.74, 6) is 1.78. The maximum atomic E-state index is 6.45. The summed E-state index contributed by atoms with van der Waals surface area (Å²) in [5.41, 5.74) is 5.73. The predicted molar refractivity (Wildman–Crippen MR) is 122 cm³/mol. The number of nitrogens with zero attached hydrogens (tertiary/aromatic N) is 2. The van der Waals surface area contributed by atoms with E-state index in [1.807, 2.05) is 31.2 Å². The molecule has 5 rings (SSSR count). The largest absolute Gasteiger partial charge is 0.494 e. The molecule has 3 aromatic carbocycles. The lowest BCUT2D eigenvalue weighted by Gasteiger charge is -2.38. The first-order valence-electron chi connectivity index (χ1n) is 10.2. The molecule has 0 radical (unpaired) electrons. The number of aryl methyl sites for hydroxylation is 1. The van der Waals surface area contributed by atoms with E-state index in [2.05, 4.69) is 70.3 Å². The molecule has 3 aromatic rings. The summed E-state index contributed by atoms with van der Waals surface area (Å²) in [6.07, 6.45) is 0.575. The number of benzene rings is 3. The molecule has 0 aromatic heterocycles. The van der Waals surface area contributed by atoms with Gasteiger partial charge in [-0.25, -0.2) is 5.01 Å². The van der Waals surface area contributed by atoms with Crippen molar-refractivity contribution in [1.29, 1.82) is 0 Å². The van der Waals surface area contributed by atoms with Gasteiger partial charge in [0.05, 0.1) is 18.4 Å². The summed E-state index contributed by atoms with van der Waals surface area (Å²) in [6.45, 7) is 4.75. The molecular formula is C25H23BrN2O2. The average molecular weight is 463 g/mol. The highest BCUT2D eigenvalue weighted by atomic mass is 79.9. The Morgan fingerprint density at radius 1 is 1.07 bits per heavy atom. The topological polar surface area (TPSA) is 34.1 Å². The Balaban J connectivity index is 1.55. The minimum atomic E-state index is -0.276. The van der Waals surface area contributed by atoms with Gasteiger partial charge >= 0.3 is 0 Å². The molecule has 0 saturated heterocycles. The molecule has 0 spiro atoms. The van der Waals surface area contributed by atoms with Crippen molar-refractivity contribution in [3.05, 3.63) is 93.5 Å². The Hall–Kier alpha value is -2.79. The van der Waals surface area contributed by atoms with Crippen molar-refractivity contribution in [2.45, 2.75) is 32.5 Å². The van der Waals surface area contributed by atoms with Crippen LogP contribution in [0.3, 0.4) is 0 Å². The number of hydrogen-bond donors (Lipinski definition) is 0. The first kappa shape index (κ1) is 19.2. The zero-order chi connectivity index (χ0) is 20.7. The Labute approximate surface area is 185 Å². The minimum Gasteiger partial charge on any atom is -0.494 e. The van der Waals surface area contributed by atoms with Crippen LogP contribution in [-0.2, 0) is 0 Å². The Kier molecular flexibility index (Phi) is 4.99. The molecule has 4 nitrogen and oxygen atoms in total. The van der Waals surface area contributed by atoms with Gasteiger partial charge in [-0.3, -0.25) is 0 Å². The van der Waals surface area contributed by atoms with Crippen LogP contribution in [0.15, 0.2) is 76.3 Å². The van der Waals surface area contributed by atoms with Gasteiger partial charge < -0.3 is 9.47 Å². The fourth-order valence-corrected chi connectivity index (χ4v) is 4.47. The van der Waals surface area contributed by atoms with Gasteiger partial charge in [-0.15, -0.1) is 0 Å². The van der Waals surface area contributed by atoms with Crippen molar-refractivity contribution in [3.8, 4) is 11.5 Å². The molecule has 0 fully saturated rings. The third kappa shape index (κ3) is 3.47. The molecule has 2 heterocycles. The van der Waals surface area contributed by atoms with Crippen LogP contribution < -0.4 is 9.47 Å². The van der Waals surface area contributed by atoms with E-state index in [1.165, 1.54) is 5.56 Å². The normalized spacial score (nSPS) is 19.6. The van der Waals surface area contributed by atoms with E-state index in [1.54, 1.807) is 0 Å². The van der Waals surface area contributed by atoms with Gasteiger partial charge in [0.25, 0.3) is 0 Å². The number of hydrogen-bond acceptors (Lipinski definition) is 4. The number of ether oxygens (including phenoxy) is 2. The van der Waals surface area contributed by atoms with Gasteiger partial charge in [-0.2, -0.15) is 5.10 Å². The van der Waals surface area contributed by atoms with E-state index < -0.39 is 0 Å². The molecule has 0 N–H and O–H groups in total.